The van der Waals surface area contributed by atoms with E-state index in [1.165, 1.54) is 4.90 Å². The molecular formula is C29H29NO4. The predicted molar refractivity (Wildman–Crippen MR) is 134 cm³/mol. The van der Waals surface area contributed by atoms with E-state index < -0.39 is 17.7 Å². The van der Waals surface area contributed by atoms with Crippen LogP contribution < -0.4 is 9.64 Å². The number of ketones is 1. The van der Waals surface area contributed by atoms with Gasteiger partial charge < -0.3 is 9.84 Å². The molecule has 1 amide bonds. The van der Waals surface area contributed by atoms with E-state index in [2.05, 4.69) is 0 Å². The summed E-state index contributed by atoms with van der Waals surface area (Å²) in [5.41, 5.74) is 4.65. The average Bonchev–Trinajstić information content (AvgIpc) is 3.05. The number of aliphatic hydroxyl groups is 1. The molecule has 1 aliphatic rings. The fraction of sp³-hybridized carbons (Fsp3) is 0.241. The third kappa shape index (κ3) is 4.21. The number of anilines is 1. The van der Waals surface area contributed by atoms with Crippen LogP contribution in [0.4, 0.5) is 5.69 Å². The van der Waals surface area contributed by atoms with E-state index in [1.54, 1.807) is 18.2 Å². The Morgan fingerprint density at radius 1 is 0.912 bits per heavy atom. The second-order valence-corrected chi connectivity index (χ2v) is 9.02. The third-order valence-corrected chi connectivity index (χ3v) is 5.99. The topological polar surface area (TPSA) is 66.8 Å². The highest BCUT2D eigenvalue weighted by atomic mass is 16.5. The fourth-order valence-corrected chi connectivity index (χ4v) is 4.41. The first-order valence-corrected chi connectivity index (χ1v) is 11.4. The number of hydrogen-bond donors (Lipinski definition) is 1. The van der Waals surface area contributed by atoms with Gasteiger partial charge in [0, 0.05) is 11.3 Å². The Kier molecular flexibility index (Phi) is 6.29. The monoisotopic (exact) mass is 455 g/mol. The van der Waals surface area contributed by atoms with Crippen molar-refractivity contribution in [2.45, 2.75) is 46.8 Å². The van der Waals surface area contributed by atoms with Crippen LogP contribution in [0.5, 0.6) is 5.75 Å². The lowest BCUT2D eigenvalue weighted by Crippen LogP contribution is -2.30. The Balaban J connectivity index is 1.92. The van der Waals surface area contributed by atoms with Crippen molar-refractivity contribution in [1.82, 2.24) is 0 Å². The van der Waals surface area contributed by atoms with Gasteiger partial charge in [0.25, 0.3) is 11.7 Å². The Morgan fingerprint density at radius 3 is 2.29 bits per heavy atom. The molecule has 1 fully saturated rings. The summed E-state index contributed by atoms with van der Waals surface area (Å²) in [5, 5.41) is 11.4. The summed E-state index contributed by atoms with van der Waals surface area (Å²) in [6.07, 6.45) is 0.0129. The van der Waals surface area contributed by atoms with E-state index >= 15 is 0 Å². The van der Waals surface area contributed by atoms with Crippen molar-refractivity contribution in [1.29, 1.82) is 0 Å². The normalized spacial score (nSPS) is 17.5. The molecule has 0 spiro atoms. The highest BCUT2D eigenvalue weighted by Gasteiger charge is 2.47. The second kappa shape index (κ2) is 9.18. The summed E-state index contributed by atoms with van der Waals surface area (Å²) in [6.45, 7) is 9.64. The molecule has 4 rings (SSSR count). The molecule has 0 bridgehead atoms. The zero-order valence-electron chi connectivity index (χ0n) is 20.1. The van der Waals surface area contributed by atoms with Crippen LogP contribution in [0.3, 0.4) is 0 Å². The van der Waals surface area contributed by atoms with Crippen LogP contribution in [-0.4, -0.2) is 22.9 Å². The Morgan fingerprint density at radius 2 is 1.65 bits per heavy atom. The van der Waals surface area contributed by atoms with Crippen LogP contribution in [0, 0.1) is 20.8 Å². The summed E-state index contributed by atoms with van der Waals surface area (Å²) >= 11 is 0. The number of carbonyl (C=O) groups excluding carboxylic acids is 2. The van der Waals surface area contributed by atoms with Crippen molar-refractivity contribution in [3.8, 4) is 5.75 Å². The SMILES string of the molecule is Cc1cccc(C2/C(=C(/O)c3ccc(OC(C)C)c(C)c3)C(=O)C(=O)N2c2ccccc2C)c1. The number of nitrogens with zero attached hydrogens (tertiary/aromatic N) is 1. The largest absolute Gasteiger partial charge is 0.507 e. The molecule has 3 aromatic rings. The number of rotatable bonds is 5. The maximum Gasteiger partial charge on any atom is 0.300 e. The number of carbonyl (C=O) groups is 2. The number of Topliss-reactive ketones (excluding diaryl/α,β-unsaturated/α-hetero) is 1. The highest BCUT2D eigenvalue weighted by molar-refractivity contribution is 6.51. The van der Waals surface area contributed by atoms with Gasteiger partial charge in [-0.15, -0.1) is 0 Å². The van der Waals surface area contributed by atoms with Crippen LogP contribution in [0.15, 0.2) is 72.3 Å². The molecule has 3 aromatic carbocycles. The van der Waals surface area contributed by atoms with Crippen molar-refractivity contribution in [2.24, 2.45) is 0 Å². The zero-order chi connectivity index (χ0) is 24.6. The molecule has 0 aromatic heterocycles. The van der Waals surface area contributed by atoms with E-state index in [1.807, 2.05) is 83.1 Å². The third-order valence-electron chi connectivity index (χ3n) is 5.99. The minimum atomic E-state index is -0.743. The molecule has 1 aliphatic heterocycles. The standard InChI is InChI=1S/C29H29NO4/c1-17(2)34-24-14-13-22(16-20(24)5)27(31)25-26(21-11-8-9-18(3)15-21)30(29(33)28(25)32)23-12-7-6-10-19(23)4/h6-17,26,31H,1-5H3/b27-25-. The highest BCUT2D eigenvalue weighted by Crippen LogP contribution is 2.43. The molecule has 0 aliphatic carbocycles. The van der Waals surface area contributed by atoms with E-state index in [-0.39, 0.29) is 17.4 Å². The van der Waals surface area contributed by atoms with Crippen molar-refractivity contribution < 1.29 is 19.4 Å². The molecule has 1 N–H and O–H groups in total. The molecule has 1 heterocycles. The molecule has 0 radical (unpaired) electrons. The Hall–Kier alpha value is -3.86. The molecular weight excluding hydrogens is 426 g/mol. The Bertz CT molecular complexity index is 1300. The zero-order valence-corrected chi connectivity index (χ0v) is 20.1. The molecule has 174 valence electrons. The summed E-state index contributed by atoms with van der Waals surface area (Å²) < 4.78 is 5.81. The first-order chi connectivity index (χ1) is 16.2. The van der Waals surface area contributed by atoms with Gasteiger partial charge in [-0.2, -0.15) is 0 Å². The number of aryl methyl sites for hydroxylation is 3. The van der Waals surface area contributed by atoms with Gasteiger partial charge in [0.15, 0.2) is 0 Å². The van der Waals surface area contributed by atoms with Crippen LogP contribution in [0.25, 0.3) is 5.76 Å². The number of aliphatic hydroxyl groups excluding tert-OH is 1. The lowest BCUT2D eigenvalue weighted by atomic mass is 9.93. The molecule has 0 saturated carbocycles. The quantitative estimate of drug-likeness (QED) is 0.290. The molecule has 1 unspecified atom stereocenters. The van der Waals surface area contributed by atoms with Gasteiger partial charge in [0.1, 0.15) is 11.5 Å². The summed E-state index contributed by atoms with van der Waals surface area (Å²) in [7, 11) is 0. The molecule has 34 heavy (non-hydrogen) atoms. The van der Waals surface area contributed by atoms with Gasteiger partial charge in [0.2, 0.25) is 0 Å². The van der Waals surface area contributed by atoms with E-state index in [9.17, 15) is 14.7 Å². The van der Waals surface area contributed by atoms with Crippen LogP contribution in [0.2, 0.25) is 0 Å². The van der Waals surface area contributed by atoms with Crippen molar-refractivity contribution in [3.05, 3.63) is 100 Å². The van der Waals surface area contributed by atoms with E-state index in [0.29, 0.717) is 17.0 Å². The number of hydrogen-bond acceptors (Lipinski definition) is 4. The molecule has 5 nitrogen and oxygen atoms in total. The molecule has 5 heteroatoms. The number of amides is 1. The van der Waals surface area contributed by atoms with Crippen molar-refractivity contribution in [2.75, 3.05) is 4.90 Å². The fourth-order valence-electron chi connectivity index (χ4n) is 4.41. The lowest BCUT2D eigenvalue weighted by Gasteiger charge is -2.27. The summed E-state index contributed by atoms with van der Waals surface area (Å²) in [4.78, 5) is 28.2. The van der Waals surface area contributed by atoms with Crippen LogP contribution in [0.1, 0.15) is 47.7 Å². The first kappa shape index (κ1) is 23.3. The van der Waals surface area contributed by atoms with Gasteiger partial charge in [-0.05, 0) is 75.6 Å². The van der Waals surface area contributed by atoms with Crippen LogP contribution in [-0.2, 0) is 9.59 Å². The summed E-state index contributed by atoms with van der Waals surface area (Å²) in [6, 6.07) is 19.7. The van der Waals surface area contributed by atoms with Crippen molar-refractivity contribution >= 4 is 23.1 Å². The smallest absolute Gasteiger partial charge is 0.300 e. The first-order valence-electron chi connectivity index (χ1n) is 11.4. The average molecular weight is 456 g/mol. The van der Waals surface area contributed by atoms with Crippen LogP contribution >= 0.6 is 0 Å². The molecule has 1 atom stereocenters. The minimum Gasteiger partial charge on any atom is -0.507 e. The minimum absolute atomic E-state index is 0.0129. The number of para-hydroxylation sites is 1. The summed E-state index contributed by atoms with van der Waals surface area (Å²) in [5.74, 6) is -0.839. The lowest BCUT2D eigenvalue weighted by molar-refractivity contribution is -0.132. The van der Waals surface area contributed by atoms with Gasteiger partial charge in [0.05, 0.1) is 17.7 Å². The Labute approximate surface area is 200 Å². The van der Waals surface area contributed by atoms with E-state index in [0.717, 1.165) is 22.3 Å². The van der Waals surface area contributed by atoms with Gasteiger partial charge in [-0.3, -0.25) is 14.5 Å². The number of ether oxygens (including phenoxy) is 1. The maximum absolute atomic E-state index is 13.3. The van der Waals surface area contributed by atoms with Gasteiger partial charge in [-0.1, -0.05) is 48.0 Å². The van der Waals surface area contributed by atoms with Gasteiger partial charge in [-0.25, -0.2) is 0 Å². The second-order valence-electron chi connectivity index (χ2n) is 9.02. The maximum atomic E-state index is 13.3. The predicted octanol–water partition coefficient (Wildman–Crippen LogP) is 6.03. The van der Waals surface area contributed by atoms with Gasteiger partial charge >= 0.3 is 0 Å². The number of benzene rings is 3. The molecule has 1 saturated heterocycles. The van der Waals surface area contributed by atoms with Crippen molar-refractivity contribution in [3.63, 3.8) is 0 Å². The van der Waals surface area contributed by atoms with E-state index in [4.69, 9.17) is 4.74 Å².